The molecular formula is C13H18N4O2S. The summed E-state index contributed by atoms with van der Waals surface area (Å²) in [6, 6.07) is 0. The molecule has 7 heteroatoms. The number of carbonyl (C=O) groups is 1. The molecule has 0 radical (unpaired) electrons. The molecule has 2 heterocycles. The molecule has 0 amide bonds. The molecule has 2 aromatic rings. The minimum atomic E-state index is -1.05. The average molecular weight is 294 g/mol. The van der Waals surface area contributed by atoms with E-state index in [1.54, 1.807) is 4.68 Å². The summed E-state index contributed by atoms with van der Waals surface area (Å²) in [4.78, 5) is 16.6. The van der Waals surface area contributed by atoms with Gasteiger partial charge in [0.05, 0.1) is 15.6 Å². The van der Waals surface area contributed by atoms with E-state index in [2.05, 4.69) is 29.1 Å². The van der Waals surface area contributed by atoms with Crippen molar-refractivity contribution >= 4 is 17.3 Å². The lowest BCUT2D eigenvalue weighted by atomic mass is 10.1. The van der Waals surface area contributed by atoms with Crippen LogP contribution in [0.15, 0.2) is 0 Å². The molecule has 0 spiro atoms. The van der Waals surface area contributed by atoms with E-state index in [1.807, 2.05) is 13.8 Å². The third-order valence-corrected chi connectivity index (χ3v) is 4.32. The van der Waals surface area contributed by atoms with Crippen molar-refractivity contribution in [3.05, 3.63) is 16.4 Å². The van der Waals surface area contributed by atoms with Gasteiger partial charge in [0.1, 0.15) is 5.69 Å². The van der Waals surface area contributed by atoms with Crippen molar-refractivity contribution in [3.63, 3.8) is 0 Å². The van der Waals surface area contributed by atoms with Gasteiger partial charge in [-0.05, 0) is 19.8 Å². The highest BCUT2D eigenvalue weighted by molar-refractivity contribution is 7.15. The lowest BCUT2D eigenvalue weighted by molar-refractivity contribution is 0.0691. The Morgan fingerprint density at radius 3 is 2.65 bits per heavy atom. The molecule has 0 aliphatic heterocycles. The van der Waals surface area contributed by atoms with Crippen LogP contribution in [-0.2, 0) is 6.54 Å². The van der Waals surface area contributed by atoms with Crippen LogP contribution in [0, 0.1) is 19.8 Å². The van der Waals surface area contributed by atoms with E-state index >= 15 is 0 Å². The third kappa shape index (κ3) is 2.72. The molecule has 20 heavy (non-hydrogen) atoms. The van der Waals surface area contributed by atoms with Crippen molar-refractivity contribution in [1.82, 2.24) is 20.0 Å². The number of nitrogens with zero attached hydrogens (tertiary/aromatic N) is 4. The Hall–Kier alpha value is -1.76. The first-order valence-electron chi connectivity index (χ1n) is 6.55. The smallest absolute Gasteiger partial charge is 0.358 e. The van der Waals surface area contributed by atoms with Crippen molar-refractivity contribution in [2.45, 2.75) is 40.7 Å². The van der Waals surface area contributed by atoms with Crippen molar-refractivity contribution < 1.29 is 9.90 Å². The number of rotatable bonds is 5. The van der Waals surface area contributed by atoms with Crippen molar-refractivity contribution in [2.24, 2.45) is 5.92 Å². The van der Waals surface area contributed by atoms with Gasteiger partial charge in [-0.15, -0.1) is 16.4 Å². The molecule has 1 unspecified atom stereocenters. The Morgan fingerprint density at radius 1 is 1.45 bits per heavy atom. The summed E-state index contributed by atoms with van der Waals surface area (Å²) in [5.74, 6) is -0.646. The summed E-state index contributed by atoms with van der Waals surface area (Å²) >= 11 is 1.48. The maximum Gasteiger partial charge on any atom is 0.358 e. The lowest BCUT2D eigenvalue weighted by Gasteiger charge is -2.10. The van der Waals surface area contributed by atoms with Gasteiger partial charge in [-0.1, -0.05) is 25.5 Å². The van der Waals surface area contributed by atoms with Crippen LogP contribution >= 0.6 is 11.3 Å². The van der Waals surface area contributed by atoms with E-state index in [0.29, 0.717) is 18.2 Å². The number of hydrogen-bond donors (Lipinski definition) is 1. The molecule has 0 saturated heterocycles. The molecule has 1 atom stereocenters. The largest absolute Gasteiger partial charge is 0.476 e. The molecule has 0 fully saturated rings. The van der Waals surface area contributed by atoms with Crippen LogP contribution < -0.4 is 0 Å². The molecular weight excluding hydrogens is 276 g/mol. The zero-order valence-electron chi connectivity index (χ0n) is 12.0. The summed E-state index contributed by atoms with van der Waals surface area (Å²) in [7, 11) is 0. The predicted molar refractivity (Wildman–Crippen MR) is 77.0 cm³/mol. The molecule has 6 nitrogen and oxygen atoms in total. The number of carboxylic acid groups (broad SMARTS) is 1. The standard InChI is InChI=1S/C13H18N4O2S/c1-5-7(2)6-17-11(10(13(18)19)15-16-17)12-8(3)14-9(4)20-12/h7H,5-6H2,1-4H3,(H,18,19). The maximum atomic E-state index is 11.4. The topological polar surface area (TPSA) is 80.9 Å². The second kappa shape index (κ2) is 5.70. The molecule has 2 rings (SSSR count). The first-order chi connectivity index (χ1) is 9.43. The minimum Gasteiger partial charge on any atom is -0.476 e. The summed E-state index contributed by atoms with van der Waals surface area (Å²) in [6.07, 6.45) is 1.00. The molecule has 0 aliphatic carbocycles. The third-order valence-electron chi connectivity index (χ3n) is 3.24. The van der Waals surface area contributed by atoms with Gasteiger partial charge < -0.3 is 5.11 Å². The number of aryl methyl sites for hydroxylation is 2. The maximum absolute atomic E-state index is 11.4. The Kier molecular flexibility index (Phi) is 4.17. The van der Waals surface area contributed by atoms with E-state index < -0.39 is 5.97 Å². The fourth-order valence-electron chi connectivity index (χ4n) is 1.98. The molecule has 1 N–H and O–H groups in total. The first kappa shape index (κ1) is 14.6. The van der Waals surface area contributed by atoms with Crippen molar-refractivity contribution in [2.75, 3.05) is 0 Å². The van der Waals surface area contributed by atoms with Crippen molar-refractivity contribution in [3.8, 4) is 10.6 Å². The van der Waals surface area contributed by atoms with Gasteiger partial charge in [0.2, 0.25) is 0 Å². The minimum absolute atomic E-state index is 0.0000491. The van der Waals surface area contributed by atoms with Crippen LogP contribution in [0.25, 0.3) is 10.6 Å². The van der Waals surface area contributed by atoms with E-state index in [1.165, 1.54) is 11.3 Å². The average Bonchev–Trinajstić information content (AvgIpc) is 2.92. The van der Waals surface area contributed by atoms with E-state index in [9.17, 15) is 9.90 Å². The van der Waals surface area contributed by atoms with Gasteiger partial charge in [0.25, 0.3) is 0 Å². The lowest BCUT2D eigenvalue weighted by Crippen LogP contribution is -2.10. The fourth-order valence-corrected chi connectivity index (χ4v) is 2.96. The van der Waals surface area contributed by atoms with Crippen LogP contribution in [0.1, 0.15) is 41.5 Å². The highest BCUT2D eigenvalue weighted by atomic mass is 32.1. The summed E-state index contributed by atoms with van der Waals surface area (Å²) in [6.45, 7) is 8.65. The van der Waals surface area contributed by atoms with Gasteiger partial charge in [0, 0.05) is 6.54 Å². The second-order valence-corrected chi connectivity index (χ2v) is 6.14. The van der Waals surface area contributed by atoms with Crippen LogP contribution in [0.4, 0.5) is 0 Å². The van der Waals surface area contributed by atoms with Gasteiger partial charge in [-0.3, -0.25) is 0 Å². The molecule has 0 aliphatic rings. The highest BCUT2D eigenvalue weighted by Gasteiger charge is 2.24. The normalized spacial score (nSPS) is 12.6. The first-order valence-corrected chi connectivity index (χ1v) is 7.36. The van der Waals surface area contributed by atoms with E-state index in [0.717, 1.165) is 22.0 Å². The van der Waals surface area contributed by atoms with Gasteiger partial charge in [0.15, 0.2) is 5.69 Å². The number of hydrogen-bond acceptors (Lipinski definition) is 5. The Labute approximate surface area is 121 Å². The Balaban J connectivity index is 2.55. The number of carboxylic acids is 1. The Bertz CT molecular complexity index is 632. The second-order valence-electron chi connectivity index (χ2n) is 4.93. The molecule has 108 valence electrons. The van der Waals surface area contributed by atoms with Crippen LogP contribution in [0.2, 0.25) is 0 Å². The zero-order valence-corrected chi connectivity index (χ0v) is 12.9. The monoisotopic (exact) mass is 294 g/mol. The fraction of sp³-hybridized carbons (Fsp3) is 0.538. The van der Waals surface area contributed by atoms with Gasteiger partial charge in [-0.2, -0.15) is 0 Å². The quantitative estimate of drug-likeness (QED) is 0.917. The summed E-state index contributed by atoms with van der Waals surface area (Å²) in [5.41, 5.74) is 1.39. The highest BCUT2D eigenvalue weighted by Crippen LogP contribution is 2.32. The van der Waals surface area contributed by atoms with E-state index in [4.69, 9.17) is 0 Å². The molecule has 0 saturated carbocycles. The SMILES string of the molecule is CCC(C)Cn1nnc(C(=O)O)c1-c1sc(C)nc1C. The van der Waals surface area contributed by atoms with Crippen LogP contribution in [0.5, 0.6) is 0 Å². The van der Waals surface area contributed by atoms with Gasteiger partial charge in [-0.25, -0.2) is 14.5 Å². The summed E-state index contributed by atoms with van der Waals surface area (Å²) in [5, 5.41) is 18.0. The Morgan fingerprint density at radius 2 is 2.15 bits per heavy atom. The molecule has 2 aromatic heterocycles. The zero-order chi connectivity index (χ0) is 14.9. The van der Waals surface area contributed by atoms with E-state index in [-0.39, 0.29) is 5.69 Å². The molecule has 0 bridgehead atoms. The van der Waals surface area contributed by atoms with Crippen molar-refractivity contribution in [1.29, 1.82) is 0 Å². The van der Waals surface area contributed by atoms with Gasteiger partial charge >= 0.3 is 5.97 Å². The van der Waals surface area contributed by atoms with Crippen LogP contribution in [-0.4, -0.2) is 31.1 Å². The summed E-state index contributed by atoms with van der Waals surface area (Å²) < 4.78 is 1.69. The number of aromatic carboxylic acids is 1. The molecule has 0 aromatic carbocycles. The number of thiazole rings is 1. The number of aromatic nitrogens is 4. The predicted octanol–water partition coefficient (Wildman–Crippen LogP) is 2.76. The van der Waals surface area contributed by atoms with Crippen LogP contribution in [0.3, 0.4) is 0 Å².